The van der Waals surface area contributed by atoms with E-state index in [0.29, 0.717) is 11.8 Å². The minimum atomic E-state index is -0.187. The number of nitrogens with zero attached hydrogens (tertiary/aromatic N) is 2. The van der Waals surface area contributed by atoms with Crippen LogP contribution in [0.1, 0.15) is 26.7 Å². The molecule has 21 heavy (non-hydrogen) atoms. The molecule has 0 aromatic heterocycles. The topological polar surface area (TPSA) is 56.2 Å². The van der Waals surface area contributed by atoms with E-state index >= 15 is 0 Å². The van der Waals surface area contributed by atoms with Crippen molar-refractivity contribution in [2.24, 2.45) is 11.8 Å². The Bertz CT molecular complexity index is 271. The summed E-state index contributed by atoms with van der Waals surface area (Å²) < 4.78 is 5.74. The molecule has 0 bridgehead atoms. The van der Waals surface area contributed by atoms with Gasteiger partial charge in [0.05, 0.1) is 25.4 Å². The first-order chi connectivity index (χ1) is 10.1. The van der Waals surface area contributed by atoms with Crippen LogP contribution in [0.25, 0.3) is 0 Å². The average molecular weight is 300 g/mol. The number of hydrogen-bond donors (Lipinski definition) is 2. The van der Waals surface area contributed by atoms with Crippen LogP contribution in [0.15, 0.2) is 0 Å². The average Bonchev–Trinajstić information content (AvgIpc) is 3.06. The summed E-state index contributed by atoms with van der Waals surface area (Å²) >= 11 is 0. The molecule has 5 nitrogen and oxygen atoms in total. The van der Waals surface area contributed by atoms with Gasteiger partial charge in [0.15, 0.2) is 0 Å². The second-order valence-corrected chi connectivity index (χ2v) is 6.79. The van der Waals surface area contributed by atoms with E-state index in [1.807, 2.05) is 13.8 Å². The van der Waals surface area contributed by atoms with E-state index in [-0.39, 0.29) is 12.2 Å². The highest BCUT2D eigenvalue weighted by molar-refractivity contribution is 4.79. The van der Waals surface area contributed by atoms with E-state index in [1.165, 1.54) is 0 Å². The normalized spacial score (nSPS) is 30.9. The predicted octanol–water partition coefficient (Wildman–Crippen LogP) is 0.408. The maximum Gasteiger partial charge on any atom is 0.0594 e. The van der Waals surface area contributed by atoms with Crippen molar-refractivity contribution in [3.63, 3.8) is 0 Å². The zero-order valence-electron chi connectivity index (χ0n) is 13.6. The quantitative estimate of drug-likeness (QED) is 0.636. The molecule has 124 valence electrons. The Morgan fingerprint density at radius 2 is 1.33 bits per heavy atom. The Morgan fingerprint density at radius 1 is 0.905 bits per heavy atom. The first-order valence-electron chi connectivity index (χ1n) is 8.45. The molecular weight excluding hydrogens is 268 g/mol. The predicted molar refractivity (Wildman–Crippen MR) is 83.3 cm³/mol. The van der Waals surface area contributed by atoms with E-state index < -0.39 is 0 Å². The zero-order chi connectivity index (χ0) is 15.2. The fourth-order valence-electron chi connectivity index (χ4n) is 3.41. The van der Waals surface area contributed by atoms with Crippen molar-refractivity contribution in [3.8, 4) is 0 Å². The molecule has 2 heterocycles. The van der Waals surface area contributed by atoms with Crippen molar-refractivity contribution in [2.45, 2.75) is 38.9 Å². The van der Waals surface area contributed by atoms with Crippen LogP contribution in [0.2, 0.25) is 0 Å². The highest BCUT2D eigenvalue weighted by Gasteiger charge is 2.26. The van der Waals surface area contributed by atoms with Gasteiger partial charge in [-0.1, -0.05) is 0 Å². The second-order valence-electron chi connectivity index (χ2n) is 6.79. The number of rotatable bonds is 8. The lowest BCUT2D eigenvalue weighted by molar-refractivity contribution is 0.0829. The molecule has 0 radical (unpaired) electrons. The lowest BCUT2D eigenvalue weighted by Gasteiger charge is -2.19. The molecule has 0 aromatic rings. The van der Waals surface area contributed by atoms with Crippen molar-refractivity contribution in [2.75, 3.05) is 52.5 Å². The second kappa shape index (κ2) is 8.44. The molecule has 2 rings (SSSR count). The minimum absolute atomic E-state index is 0.187. The van der Waals surface area contributed by atoms with Crippen LogP contribution >= 0.6 is 0 Å². The highest BCUT2D eigenvalue weighted by Crippen LogP contribution is 2.20. The van der Waals surface area contributed by atoms with E-state index in [2.05, 4.69) is 9.80 Å². The number of ether oxygens (including phenoxy) is 1. The Labute approximate surface area is 128 Å². The van der Waals surface area contributed by atoms with Crippen LogP contribution in [0.5, 0.6) is 0 Å². The summed E-state index contributed by atoms with van der Waals surface area (Å²) in [5, 5.41) is 19.2. The summed E-state index contributed by atoms with van der Waals surface area (Å²) in [6, 6.07) is 0. The Hall–Kier alpha value is -0.200. The van der Waals surface area contributed by atoms with E-state index in [1.54, 1.807) is 0 Å². The van der Waals surface area contributed by atoms with Crippen molar-refractivity contribution in [1.29, 1.82) is 0 Å². The third-order valence-corrected chi connectivity index (χ3v) is 5.09. The lowest BCUT2D eigenvalue weighted by Crippen LogP contribution is -2.30. The highest BCUT2D eigenvalue weighted by atomic mass is 16.5. The van der Waals surface area contributed by atoms with Gasteiger partial charge in [0, 0.05) is 26.2 Å². The van der Waals surface area contributed by atoms with Gasteiger partial charge in [-0.25, -0.2) is 0 Å². The van der Waals surface area contributed by atoms with Crippen LogP contribution in [0.3, 0.4) is 0 Å². The van der Waals surface area contributed by atoms with Gasteiger partial charge in [-0.2, -0.15) is 0 Å². The third kappa shape index (κ3) is 5.49. The smallest absolute Gasteiger partial charge is 0.0594 e. The van der Waals surface area contributed by atoms with Crippen LogP contribution in [-0.2, 0) is 4.74 Å². The number of aliphatic hydroxyl groups is 2. The van der Waals surface area contributed by atoms with Gasteiger partial charge < -0.3 is 24.7 Å². The molecule has 2 saturated heterocycles. The molecule has 2 aliphatic rings. The first kappa shape index (κ1) is 17.2. The summed E-state index contributed by atoms with van der Waals surface area (Å²) in [5.74, 6) is 0.874. The van der Waals surface area contributed by atoms with Crippen molar-refractivity contribution in [1.82, 2.24) is 9.80 Å². The maximum atomic E-state index is 9.58. The zero-order valence-corrected chi connectivity index (χ0v) is 13.6. The fraction of sp³-hybridized carbons (Fsp3) is 1.00. The summed E-state index contributed by atoms with van der Waals surface area (Å²) in [6.45, 7) is 11.5. The van der Waals surface area contributed by atoms with E-state index in [4.69, 9.17) is 4.74 Å². The maximum absolute atomic E-state index is 9.58. The monoisotopic (exact) mass is 300 g/mol. The number of likely N-dealkylation sites (tertiary alicyclic amines) is 2. The molecular formula is C16H32N2O3. The molecule has 2 fully saturated rings. The molecule has 4 atom stereocenters. The summed E-state index contributed by atoms with van der Waals surface area (Å²) in [6.07, 6.45) is 1.83. The summed E-state index contributed by atoms with van der Waals surface area (Å²) in [4.78, 5) is 4.77. The summed E-state index contributed by atoms with van der Waals surface area (Å²) in [7, 11) is 0. The summed E-state index contributed by atoms with van der Waals surface area (Å²) in [5.41, 5.74) is 0. The van der Waals surface area contributed by atoms with Gasteiger partial charge in [-0.15, -0.1) is 0 Å². The standard InChI is InChI=1S/C16H32N2O3/c1-13(19)15-3-5-17(11-15)7-9-21-10-8-18-6-4-16(12-18)14(2)20/h13-16,19-20H,3-12H2,1-2H3. The van der Waals surface area contributed by atoms with Crippen LogP contribution in [-0.4, -0.2) is 84.7 Å². The molecule has 4 unspecified atom stereocenters. The molecule has 0 amide bonds. The molecule has 5 heteroatoms. The lowest BCUT2D eigenvalue weighted by atomic mass is 10.0. The Balaban J connectivity index is 1.48. The van der Waals surface area contributed by atoms with Crippen molar-refractivity contribution >= 4 is 0 Å². The van der Waals surface area contributed by atoms with Gasteiger partial charge in [-0.3, -0.25) is 0 Å². The third-order valence-electron chi connectivity index (χ3n) is 5.09. The first-order valence-corrected chi connectivity index (χ1v) is 8.45. The van der Waals surface area contributed by atoms with Gasteiger partial charge in [0.1, 0.15) is 0 Å². The van der Waals surface area contributed by atoms with Crippen LogP contribution in [0, 0.1) is 11.8 Å². The largest absolute Gasteiger partial charge is 0.393 e. The minimum Gasteiger partial charge on any atom is -0.393 e. The van der Waals surface area contributed by atoms with Gasteiger partial charge in [-0.05, 0) is 51.6 Å². The van der Waals surface area contributed by atoms with E-state index in [0.717, 1.165) is 65.3 Å². The van der Waals surface area contributed by atoms with Crippen molar-refractivity contribution in [3.05, 3.63) is 0 Å². The van der Waals surface area contributed by atoms with Crippen LogP contribution in [0.4, 0.5) is 0 Å². The SMILES string of the molecule is CC(O)C1CCN(CCOCCN2CCC(C(C)O)C2)C1. The molecule has 0 spiro atoms. The van der Waals surface area contributed by atoms with Crippen molar-refractivity contribution < 1.29 is 14.9 Å². The van der Waals surface area contributed by atoms with Crippen LogP contribution < -0.4 is 0 Å². The molecule has 0 aromatic carbocycles. The molecule has 2 N–H and O–H groups in total. The number of hydrogen-bond acceptors (Lipinski definition) is 5. The Morgan fingerprint density at radius 3 is 1.67 bits per heavy atom. The Kier molecular flexibility index (Phi) is 6.89. The molecule has 2 aliphatic heterocycles. The van der Waals surface area contributed by atoms with Gasteiger partial charge in [0.25, 0.3) is 0 Å². The van der Waals surface area contributed by atoms with E-state index in [9.17, 15) is 10.2 Å². The molecule has 0 aliphatic carbocycles. The number of aliphatic hydroxyl groups excluding tert-OH is 2. The van der Waals surface area contributed by atoms with Gasteiger partial charge >= 0.3 is 0 Å². The molecule has 0 saturated carbocycles. The van der Waals surface area contributed by atoms with Gasteiger partial charge in [0.2, 0.25) is 0 Å². The fourth-order valence-corrected chi connectivity index (χ4v) is 3.41.